The zero-order valence-corrected chi connectivity index (χ0v) is 11.7. The van der Waals surface area contributed by atoms with Crippen molar-refractivity contribution in [3.05, 3.63) is 35.9 Å². The van der Waals surface area contributed by atoms with Crippen LogP contribution in [0.15, 0.2) is 35.9 Å². The third-order valence-electron chi connectivity index (χ3n) is 3.32. The number of hydrogen-bond donors (Lipinski definition) is 2. The number of nitrogens with one attached hydrogen (secondary N) is 1. The number of carbonyl (C=O) groups excluding carboxylic acids is 1. The number of amides is 1. The van der Waals surface area contributed by atoms with Crippen LogP contribution >= 0.6 is 0 Å². The maximum atomic E-state index is 11.7. The molecule has 108 valence electrons. The van der Waals surface area contributed by atoms with Gasteiger partial charge in [0.15, 0.2) is 0 Å². The smallest absolute Gasteiger partial charge is 0.224 e. The SMILES string of the molecule is Nc1cccc(OCCNC(=O)CC2=CCCCC2)c1. The molecule has 1 amide bonds. The van der Waals surface area contributed by atoms with Gasteiger partial charge in [-0.25, -0.2) is 0 Å². The third-order valence-corrected chi connectivity index (χ3v) is 3.32. The van der Waals surface area contributed by atoms with Crippen LogP contribution < -0.4 is 15.8 Å². The minimum Gasteiger partial charge on any atom is -0.492 e. The van der Waals surface area contributed by atoms with E-state index in [9.17, 15) is 4.79 Å². The molecule has 0 unspecified atom stereocenters. The molecule has 0 spiro atoms. The summed E-state index contributed by atoms with van der Waals surface area (Å²) in [6, 6.07) is 7.28. The Morgan fingerprint density at radius 2 is 2.25 bits per heavy atom. The van der Waals surface area contributed by atoms with Crippen LogP contribution in [0.1, 0.15) is 32.1 Å². The summed E-state index contributed by atoms with van der Waals surface area (Å²) in [5, 5.41) is 2.88. The van der Waals surface area contributed by atoms with Gasteiger partial charge in [-0.05, 0) is 37.8 Å². The van der Waals surface area contributed by atoms with Crippen LogP contribution in [0.2, 0.25) is 0 Å². The number of rotatable bonds is 6. The Bertz CT molecular complexity index is 483. The predicted molar refractivity (Wildman–Crippen MR) is 80.5 cm³/mol. The van der Waals surface area contributed by atoms with E-state index in [4.69, 9.17) is 10.5 Å². The summed E-state index contributed by atoms with van der Waals surface area (Å²) in [5.74, 6) is 0.809. The van der Waals surface area contributed by atoms with Gasteiger partial charge in [0.25, 0.3) is 0 Å². The molecule has 0 fully saturated rings. The van der Waals surface area contributed by atoms with E-state index in [-0.39, 0.29) is 5.91 Å². The van der Waals surface area contributed by atoms with Crippen molar-refractivity contribution in [2.24, 2.45) is 0 Å². The highest BCUT2D eigenvalue weighted by Crippen LogP contribution is 2.19. The zero-order chi connectivity index (χ0) is 14.2. The van der Waals surface area contributed by atoms with Gasteiger partial charge in [-0.2, -0.15) is 0 Å². The highest BCUT2D eigenvalue weighted by Gasteiger charge is 2.08. The maximum Gasteiger partial charge on any atom is 0.224 e. The van der Waals surface area contributed by atoms with Crippen molar-refractivity contribution in [3.63, 3.8) is 0 Å². The Hall–Kier alpha value is -1.97. The Morgan fingerprint density at radius 3 is 3.00 bits per heavy atom. The van der Waals surface area contributed by atoms with Crippen molar-refractivity contribution >= 4 is 11.6 Å². The highest BCUT2D eigenvalue weighted by molar-refractivity contribution is 5.78. The lowest BCUT2D eigenvalue weighted by Crippen LogP contribution is -2.28. The molecule has 0 saturated carbocycles. The molecule has 1 aromatic carbocycles. The Morgan fingerprint density at radius 1 is 1.35 bits per heavy atom. The Kier molecular flexibility index (Phi) is 5.47. The largest absolute Gasteiger partial charge is 0.492 e. The van der Waals surface area contributed by atoms with Crippen molar-refractivity contribution in [1.82, 2.24) is 5.32 Å². The lowest BCUT2D eigenvalue weighted by molar-refractivity contribution is -0.120. The first kappa shape index (κ1) is 14.4. The van der Waals surface area contributed by atoms with Crippen molar-refractivity contribution < 1.29 is 9.53 Å². The first-order valence-corrected chi connectivity index (χ1v) is 7.17. The molecule has 2 rings (SSSR count). The fraction of sp³-hybridized carbons (Fsp3) is 0.438. The molecular formula is C16H22N2O2. The minimum absolute atomic E-state index is 0.0781. The lowest BCUT2D eigenvalue weighted by Gasteiger charge is -2.12. The Balaban J connectivity index is 1.63. The molecule has 0 aromatic heterocycles. The van der Waals surface area contributed by atoms with Gasteiger partial charge in [0.1, 0.15) is 12.4 Å². The number of ether oxygens (including phenoxy) is 1. The van der Waals surface area contributed by atoms with E-state index in [2.05, 4.69) is 11.4 Å². The van der Waals surface area contributed by atoms with Crippen molar-refractivity contribution in [1.29, 1.82) is 0 Å². The van der Waals surface area contributed by atoms with Crippen molar-refractivity contribution in [2.75, 3.05) is 18.9 Å². The first-order valence-electron chi connectivity index (χ1n) is 7.17. The summed E-state index contributed by atoms with van der Waals surface area (Å²) < 4.78 is 5.52. The number of nitrogen functional groups attached to an aromatic ring is 1. The summed E-state index contributed by atoms with van der Waals surface area (Å²) in [6.45, 7) is 0.967. The van der Waals surface area contributed by atoms with Gasteiger partial charge in [0.2, 0.25) is 5.91 Å². The van der Waals surface area contributed by atoms with Gasteiger partial charge in [-0.1, -0.05) is 17.7 Å². The quantitative estimate of drug-likeness (QED) is 0.476. The molecule has 1 aliphatic rings. The molecule has 20 heavy (non-hydrogen) atoms. The number of nitrogens with two attached hydrogens (primary N) is 1. The van der Waals surface area contributed by atoms with Crippen LogP contribution in [0.3, 0.4) is 0 Å². The summed E-state index contributed by atoms with van der Waals surface area (Å²) in [6.07, 6.45) is 7.36. The second-order valence-corrected chi connectivity index (χ2v) is 5.06. The number of allylic oxidation sites excluding steroid dienone is 1. The van der Waals surface area contributed by atoms with E-state index >= 15 is 0 Å². The van der Waals surface area contributed by atoms with Crippen LogP contribution in [0.4, 0.5) is 5.69 Å². The van der Waals surface area contributed by atoms with Gasteiger partial charge in [-0.3, -0.25) is 4.79 Å². The maximum absolute atomic E-state index is 11.7. The molecule has 1 aromatic rings. The Labute approximate surface area is 120 Å². The molecule has 0 atom stereocenters. The zero-order valence-electron chi connectivity index (χ0n) is 11.7. The summed E-state index contributed by atoms with van der Waals surface area (Å²) >= 11 is 0. The minimum atomic E-state index is 0.0781. The summed E-state index contributed by atoms with van der Waals surface area (Å²) in [5.41, 5.74) is 7.60. The standard InChI is InChI=1S/C16H22N2O2/c17-14-7-4-8-15(12-14)20-10-9-18-16(19)11-13-5-2-1-3-6-13/h4-5,7-8,12H,1-3,6,9-11,17H2,(H,18,19). The monoisotopic (exact) mass is 274 g/mol. The summed E-state index contributed by atoms with van der Waals surface area (Å²) in [7, 11) is 0. The van der Waals surface area contributed by atoms with Crippen LogP contribution in [-0.2, 0) is 4.79 Å². The fourth-order valence-electron chi connectivity index (χ4n) is 2.30. The van der Waals surface area contributed by atoms with Crippen LogP contribution in [0.5, 0.6) is 5.75 Å². The second-order valence-electron chi connectivity index (χ2n) is 5.06. The molecule has 4 nitrogen and oxygen atoms in total. The first-order chi connectivity index (χ1) is 9.74. The predicted octanol–water partition coefficient (Wildman–Crippen LogP) is 2.65. The van der Waals surface area contributed by atoms with E-state index in [0.29, 0.717) is 25.3 Å². The second kappa shape index (κ2) is 7.58. The highest BCUT2D eigenvalue weighted by atomic mass is 16.5. The van der Waals surface area contributed by atoms with Crippen molar-refractivity contribution in [2.45, 2.75) is 32.1 Å². The molecule has 0 bridgehead atoms. The van der Waals surface area contributed by atoms with Crippen LogP contribution in [0, 0.1) is 0 Å². The third kappa shape index (κ3) is 4.96. The topological polar surface area (TPSA) is 64.3 Å². The number of carbonyl (C=O) groups is 1. The average Bonchev–Trinajstić information content (AvgIpc) is 2.45. The molecular weight excluding hydrogens is 252 g/mol. The van der Waals surface area contributed by atoms with E-state index in [1.54, 1.807) is 6.07 Å². The van der Waals surface area contributed by atoms with Gasteiger partial charge < -0.3 is 15.8 Å². The summed E-state index contributed by atoms with van der Waals surface area (Å²) in [4.78, 5) is 11.7. The molecule has 0 aliphatic heterocycles. The molecule has 0 radical (unpaired) electrons. The molecule has 3 N–H and O–H groups in total. The van der Waals surface area contributed by atoms with Gasteiger partial charge in [0, 0.05) is 18.2 Å². The van der Waals surface area contributed by atoms with E-state index in [1.807, 2.05) is 18.2 Å². The molecule has 4 heteroatoms. The van der Waals surface area contributed by atoms with E-state index in [0.717, 1.165) is 18.6 Å². The van der Waals surface area contributed by atoms with Gasteiger partial charge in [0.05, 0.1) is 6.54 Å². The molecule has 1 aliphatic carbocycles. The number of benzene rings is 1. The van der Waals surface area contributed by atoms with Crippen LogP contribution in [-0.4, -0.2) is 19.1 Å². The van der Waals surface area contributed by atoms with E-state index < -0.39 is 0 Å². The normalized spacial score (nSPS) is 14.5. The molecule has 0 heterocycles. The molecule has 0 saturated heterocycles. The average molecular weight is 274 g/mol. The number of anilines is 1. The fourth-order valence-corrected chi connectivity index (χ4v) is 2.30. The number of hydrogen-bond acceptors (Lipinski definition) is 3. The van der Waals surface area contributed by atoms with Gasteiger partial charge >= 0.3 is 0 Å². The van der Waals surface area contributed by atoms with Gasteiger partial charge in [-0.15, -0.1) is 0 Å². The van der Waals surface area contributed by atoms with Crippen LogP contribution in [0.25, 0.3) is 0 Å². The van der Waals surface area contributed by atoms with Crippen molar-refractivity contribution in [3.8, 4) is 5.75 Å². The lowest BCUT2D eigenvalue weighted by atomic mass is 9.97. The van der Waals surface area contributed by atoms with E-state index in [1.165, 1.54) is 18.4 Å².